The molecule has 2 aromatic carbocycles. The molecule has 0 heterocycles. The Morgan fingerprint density at radius 1 is 1.31 bits per heavy atom. The average Bonchev–Trinajstić information content (AvgIpc) is 2.71. The lowest BCUT2D eigenvalue weighted by molar-refractivity contribution is -0.385. The van der Waals surface area contributed by atoms with Gasteiger partial charge in [-0.15, -0.1) is 5.17 Å². The zero-order valence-electron chi connectivity index (χ0n) is 17.0. The summed E-state index contributed by atoms with van der Waals surface area (Å²) in [5.74, 6) is -0.636. The molecule has 0 bridgehead atoms. The van der Waals surface area contributed by atoms with Crippen molar-refractivity contribution < 1.29 is 32.6 Å². The average molecular weight is 490 g/mol. The highest BCUT2D eigenvalue weighted by atomic mass is 35.5. The van der Waals surface area contributed by atoms with Crippen LogP contribution in [0.25, 0.3) is 0 Å². The Bertz CT molecular complexity index is 1120. The molecule has 13 nitrogen and oxygen atoms in total. The van der Waals surface area contributed by atoms with E-state index in [-0.39, 0.29) is 32.2 Å². The molecule has 0 unspecified atom stereocenters. The lowest BCUT2D eigenvalue weighted by Gasteiger charge is -2.12. The third kappa shape index (κ3) is 7.05. The highest BCUT2D eigenvalue weighted by Gasteiger charge is 2.24. The Morgan fingerprint density at radius 2 is 1.88 bits per heavy atom. The number of hydrogen-bond donors (Lipinski definition) is 4. The Morgan fingerprint density at radius 3 is 2.28 bits per heavy atom. The molecule has 0 aliphatic heterocycles. The first-order valence-corrected chi connectivity index (χ1v) is 10.1. The van der Waals surface area contributed by atoms with Crippen LogP contribution in [0.5, 0.6) is 11.5 Å². The Hall–Kier alpha value is -3.46. The van der Waals surface area contributed by atoms with E-state index in [1.165, 1.54) is 26.4 Å². The van der Waals surface area contributed by atoms with Crippen molar-refractivity contribution in [2.75, 3.05) is 14.2 Å². The monoisotopic (exact) mass is 489 g/mol. The van der Waals surface area contributed by atoms with Crippen LogP contribution in [0.4, 0.5) is 5.69 Å². The summed E-state index contributed by atoms with van der Waals surface area (Å²) in [6.07, 6.45) is 0.879. The number of ether oxygens (including phenoxy) is 2. The fourth-order valence-corrected chi connectivity index (χ4v) is 2.91. The van der Waals surface area contributed by atoms with E-state index in [1.54, 1.807) is 12.1 Å². The van der Waals surface area contributed by atoms with Gasteiger partial charge in [-0.2, -0.15) is 13.5 Å². The summed E-state index contributed by atoms with van der Waals surface area (Å²) in [6.45, 7) is 1.84. The van der Waals surface area contributed by atoms with Crippen LogP contribution in [0.1, 0.15) is 11.1 Å². The third-order valence-electron chi connectivity index (χ3n) is 3.65. The summed E-state index contributed by atoms with van der Waals surface area (Å²) in [4.78, 5) is 10.3. The molecule has 0 spiro atoms. The Balaban J connectivity index is 0.000000389. The van der Waals surface area contributed by atoms with Crippen LogP contribution in [0.3, 0.4) is 0 Å². The van der Waals surface area contributed by atoms with Crippen LogP contribution in [-0.2, 0) is 10.1 Å². The Kier molecular flexibility index (Phi) is 9.34. The van der Waals surface area contributed by atoms with Crippen LogP contribution in [-0.4, -0.2) is 54.7 Å². The lowest BCUT2D eigenvalue weighted by Crippen LogP contribution is -2.28. The van der Waals surface area contributed by atoms with Gasteiger partial charge in [0.1, 0.15) is 5.02 Å². The van der Waals surface area contributed by atoms with Gasteiger partial charge >= 0.3 is 0 Å². The SMILES string of the molecule is COc1cc([N+](=O)[O-])c(C=NN(O)C(=N)N)c(Cl)c1OC.Cc1ccc(S(=O)(=O)O)cc1. The molecule has 15 heteroatoms. The molecule has 0 saturated carbocycles. The van der Waals surface area contributed by atoms with E-state index in [0.29, 0.717) is 0 Å². The summed E-state index contributed by atoms with van der Waals surface area (Å²) >= 11 is 6.02. The normalized spacial score (nSPS) is 10.8. The summed E-state index contributed by atoms with van der Waals surface area (Å²) in [5.41, 5.74) is 5.37. The number of hydroxylamine groups is 1. The molecule has 0 aliphatic rings. The molecule has 32 heavy (non-hydrogen) atoms. The van der Waals surface area contributed by atoms with Crippen LogP contribution in [0.2, 0.25) is 5.02 Å². The fourth-order valence-electron chi connectivity index (χ4n) is 2.11. The number of nitrogens with two attached hydrogens (primary N) is 1. The molecule has 2 rings (SSSR count). The number of nitrogens with zero attached hydrogens (tertiary/aromatic N) is 3. The van der Waals surface area contributed by atoms with Crippen molar-refractivity contribution >= 4 is 39.6 Å². The van der Waals surface area contributed by atoms with E-state index < -0.39 is 26.7 Å². The zero-order valence-corrected chi connectivity index (χ0v) is 18.6. The largest absolute Gasteiger partial charge is 0.493 e. The number of rotatable bonds is 6. The molecule has 0 amide bonds. The molecule has 0 fully saturated rings. The van der Waals surface area contributed by atoms with Crippen molar-refractivity contribution in [1.29, 1.82) is 5.41 Å². The number of nitro groups is 1. The van der Waals surface area contributed by atoms with Crippen molar-refractivity contribution in [2.45, 2.75) is 11.8 Å². The highest BCUT2D eigenvalue weighted by molar-refractivity contribution is 7.85. The van der Waals surface area contributed by atoms with Crippen LogP contribution < -0.4 is 15.2 Å². The van der Waals surface area contributed by atoms with Gasteiger partial charge in [-0.3, -0.25) is 25.3 Å². The van der Waals surface area contributed by atoms with Crippen molar-refractivity contribution in [3.8, 4) is 11.5 Å². The number of methoxy groups -OCH3 is 2. The molecular weight excluding hydrogens is 470 g/mol. The molecule has 2 aromatic rings. The maximum Gasteiger partial charge on any atom is 0.294 e. The van der Waals surface area contributed by atoms with Crippen LogP contribution in [0, 0.1) is 22.4 Å². The molecule has 174 valence electrons. The van der Waals surface area contributed by atoms with Gasteiger partial charge in [0.25, 0.3) is 15.8 Å². The maximum atomic E-state index is 11.1. The lowest BCUT2D eigenvalue weighted by atomic mass is 10.1. The third-order valence-corrected chi connectivity index (χ3v) is 4.90. The minimum atomic E-state index is -4.02. The van der Waals surface area contributed by atoms with Crippen LogP contribution >= 0.6 is 11.6 Å². The van der Waals surface area contributed by atoms with E-state index in [9.17, 15) is 18.5 Å². The van der Waals surface area contributed by atoms with E-state index in [1.807, 2.05) is 6.92 Å². The predicted molar refractivity (Wildman–Crippen MR) is 115 cm³/mol. The van der Waals surface area contributed by atoms with Gasteiger partial charge in [0.15, 0.2) is 11.5 Å². The van der Waals surface area contributed by atoms with E-state index in [0.717, 1.165) is 17.8 Å². The van der Waals surface area contributed by atoms with Crippen molar-refractivity contribution in [2.24, 2.45) is 10.8 Å². The standard InChI is InChI=1S/C10H12ClN5O5.C7H8O3S/c1-20-7-3-6(16(18)19)5(8(11)9(7)21-2)4-14-15(17)10(12)13;1-6-2-4-7(5-3-6)11(8,9)10/h3-4,17H,1-2H3,(H3,12,13);2-5H,1H3,(H,8,9,10). The Labute approximate surface area is 188 Å². The number of guanidine groups is 1. The first kappa shape index (κ1) is 26.6. The van der Waals surface area contributed by atoms with E-state index in [4.69, 9.17) is 42.0 Å². The molecule has 5 N–H and O–H groups in total. The van der Waals surface area contributed by atoms with Gasteiger partial charge in [-0.1, -0.05) is 29.3 Å². The van der Waals surface area contributed by atoms with Gasteiger partial charge in [-0.05, 0) is 19.1 Å². The minimum absolute atomic E-state index is 0.0246. The number of benzene rings is 2. The second kappa shape index (κ2) is 11.2. The second-order valence-corrected chi connectivity index (χ2v) is 7.62. The number of hydrogen-bond acceptors (Lipinski definition) is 9. The molecule has 0 aliphatic carbocycles. The number of halogens is 1. The number of aryl methyl sites for hydroxylation is 1. The number of hydrazone groups is 1. The van der Waals surface area contributed by atoms with Gasteiger partial charge < -0.3 is 15.2 Å². The first-order valence-electron chi connectivity index (χ1n) is 8.33. The fraction of sp³-hybridized carbons (Fsp3) is 0.176. The topological polar surface area (TPSA) is 202 Å². The zero-order chi connectivity index (χ0) is 24.6. The number of nitro benzene ring substituents is 1. The highest BCUT2D eigenvalue weighted by Crippen LogP contribution is 2.41. The van der Waals surface area contributed by atoms with Crippen molar-refractivity contribution in [3.05, 3.63) is 56.6 Å². The smallest absolute Gasteiger partial charge is 0.294 e. The predicted octanol–water partition coefficient (Wildman–Crippen LogP) is 2.43. The van der Waals surface area contributed by atoms with Crippen molar-refractivity contribution in [3.63, 3.8) is 0 Å². The first-order chi connectivity index (χ1) is 14.8. The maximum absolute atomic E-state index is 11.1. The van der Waals surface area contributed by atoms with Gasteiger partial charge in [-0.25, -0.2) is 0 Å². The summed E-state index contributed by atoms with van der Waals surface area (Å²) in [6, 6.07) is 7.09. The second-order valence-electron chi connectivity index (χ2n) is 5.82. The molecule has 0 saturated heterocycles. The summed E-state index contributed by atoms with van der Waals surface area (Å²) in [7, 11) is -1.41. The quantitative estimate of drug-likeness (QED) is 0.153. The molecule has 0 aromatic heterocycles. The van der Waals surface area contributed by atoms with Gasteiger partial charge in [0, 0.05) is 0 Å². The minimum Gasteiger partial charge on any atom is -0.493 e. The summed E-state index contributed by atoms with van der Waals surface area (Å²) < 4.78 is 39.5. The van der Waals surface area contributed by atoms with Crippen LogP contribution in [0.15, 0.2) is 40.3 Å². The van der Waals surface area contributed by atoms with Crippen molar-refractivity contribution in [1.82, 2.24) is 5.17 Å². The molecule has 0 atom stereocenters. The van der Waals surface area contributed by atoms with Gasteiger partial charge in [0.05, 0.1) is 41.9 Å². The molecule has 0 radical (unpaired) electrons. The number of nitrogens with one attached hydrogen (secondary N) is 1. The molecular formula is C17H20ClN5O8S. The van der Waals surface area contributed by atoms with E-state index in [2.05, 4.69) is 5.10 Å². The summed E-state index contributed by atoms with van der Waals surface area (Å²) in [5, 5.41) is 30.4. The van der Waals surface area contributed by atoms with E-state index >= 15 is 0 Å². The van der Waals surface area contributed by atoms with Gasteiger partial charge in [0.2, 0.25) is 5.96 Å².